The number of phenolic OH excluding ortho intramolecular Hbond substituents is 1. The van der Waals surface area contributed by atoms with E-state index in [2.05, 4.69) is 10.3 Å². The van der Waals surface area contributed by atoms with Crippen molar-refractivity contribution in [2.24, 2.45) is 0 Å². The van der Waals surface area contributed by atoms with Gasteiger partial charge in [-0.3, -0.25) is 4.79 Å². The number of anilines is 1. The lowest BCUT2D eigenvalue weighted by Crippen LogP contribution is -2.09. The lowest BCUT2D eigenvalue weighted by molar-refractivity contribution is 0.103. The van der Waals surface area contributed by atoms with E-state index in [-0.39, 0.29) is 11.7 Å². The van der Waals surface area contributed by atoms with Crippen molar-refractivity contribution >= 4 is 22.9 Å². The van der Waals surface area contributed by atoms with Gasteiger partial charge in [-0.05, 0) is 19.1 Å². The largest absolute Gasteiger partial charge is 0.508 e. The third-order valence-corrected chi connectivity index (χ3v) is 2.86. The Balaban J connectivity index is 2.13. The van der Waals surface area contributed by atoms with E-state index in [4.69, 9.17) is 0 Å². The van der Waals surface area contributed by atoms with E-state index in [1.54, 1.807) is 18.2 Å². The van der Waals surface area contributed by atoms with Gasteiger partial charge in [-0.25, -0.2) is 4.98 Å². The van der Waals surface area contributed by atoms with Crippen LogP contribution in [0.4, 0.5) is 5.69 Å². The number of hydrogen-bond donors (Lipinski definition) is 2. The van der Waals surface area contributed by atoms with Gasteiger partial charge in [-0.15, -0.1) is 11.3 Å². The standard InChI is InChI=1S/C11H10N2O2S/c1-7-12-6-10(16-7)11(15)13-8-3-2-4-9(14)5-8/h2-6,14H,1H3,(H,13,15). The smallest absolute Gasteiger partial charge is 0.267 e. The molecule has 1 aromatic heterocycles. The average molecular weight is 234 g/mol. The number of thiazole rings is 1. The number of nitrogens with zero attached hydrogens (tertiary/aromatic N) is 1. The fourth-order valence-corrected chi connectivity index (χ4v) is 1.92. The molecule has 0 aliphatic rings. The first-order chi connectivity index (χ1) is 7.65. The first-order valence-electron chi connectivity index (χ1n) is 4.68. The Morgan fingerprint density at radius 2 is 2.31 bits per heavy atom. The summed E-state index contributed by atoms with van der Waals surface area (Å²) in [5.41, 5.74) is 0.566. The molecule has 82 valence electrons. The number of hydrogen-bond acceptors (Lipinski definition) is 4. The highest BCUT2D eigenvalue weighted by atomic mass is 32.1. The van der Waals surface area contributed by atoms with E-state index >= 15 is 0 Å². The van der Waals surface area contributed by atoms with Crippen LogP contribution in [0.25, 0.3) is 0 Å². The number of amides is 1. The monoisotopic (exact) mass is 234 g/mol. The zero-order chi connectivity index (χ0) is 11.5. The van der Waals surface area contributed by atoms with Crippen LogP contribution in [0, 0.1) is 6.92 Å². The Kier molecular flexibility index (Phi) is 2.87. The number of carbonyl (C=O) groups is 1. The second-order valence-electron chi connectivity index (χ2n) is 3.25. The van der Waals surface area contributed by atoms with Gasteiger partial charge in [-0.1, -0.05) is 6.07 Å². The Morgan fingerprint density at radius 1 is 1.50 bits per heavy atom. The maximum Gasteiger partial charge on any atom is 0.267 e. The number of benzene rings is 1. The number of aromatic nitrogens is 1. The quantitative estimate of drug-likeness (QED) is 0.838. The second-order valence-corrected chi connectivity index (χ2v) is 4.48. The normalized spacial score (nSPS) is 10.1. The molecule has 0 atom stereocenters. The minimum absolute atomic E-state index is 0.123. The third-order valence-electron chi connectivity index (χ3n) is 1.95. The van der Waals surface area contributed by atoms with Crippen LogP contribution in [-0.2, 0) is 0 Å². The first kappa shape index (κ1) is 10.6. The molecule has 0 bridgehead atoms. The lowest BCUT2D eigenvalue weighted by Gasteiger charge is -2.02. The Labute approximate surface area is 96.6 Å². The lowest BCUT2D eigenvalue weighted by atomic mass is 10.3. The molecule has 2 aromatic rings. The summed E-state index contributed by atoms with van der Waals surface area (Å²) in [5.74, 6) is -0.0884. The highest BCUT2D eigenvalue weighted by Crippen LogP contribution is 2.18. The van der Waals surface area contributed by atoms with Crippen molar-refractivity contribution in [2.45, 2.75) is 6.92 Å². The van der Waals surface area contributed by atoms with Crippen LogP contribution in [0.15, 0.2) is 30.5 Å². The highest BCUT2D eigenvalue weighted by molar-refractivity contribution is 7.13. The number of rotatable bonds is 2. The van der Waals surface area contributed by atoms with Crippen LogP contribution in [0.1, 0.15) is 14.7 Å². The van der Waals surface area contributed by atoms with Crippen molar-refractivity contribution in [2.75, 3.05) is 5.32 Å². The topological polar surface area (TPSA) is 62.2 Å². The molecule has 2 N–H and O–H groups in total. The minimum atomic E-state index is -0.212. The fraction of sp³-hybridized carbons (Fsp3) is 0.0909. The van der Waals surface area contributed by atoms with E-state index in [0.29, 0.717) is 10.6 Å². The van der Waals surface area contributed by atoms with E-state index in [0.717, 1.165) is 5.01 Å². The summed E-state index contributed by atoms with van der Waals surface area (Å²) in [7, 11) is 0. The van der Waals surface area contributed by atoms with Crippen LogP contribution >= 0.6 is 11.3 Å². The number of carbonyl (C=O) groups excluding carboxylic acids is 1. The molecular formula is C11H10N2O2S. The second kappa shape index (κ2) is 4.32. The molecule has 0 saturated heterocycles. The molecule has 0 aliphatic heterocycles. The molecule has 0 spiro atoms. The van der Waals surface area contributed by atoms with Gasteiger partial charge in [0.15, 0.2) is 0 Å². The summed E-state index contributed by atoms with van der Waals surface area (Å²) < 4.78 is 0. The summed E-state index contributed by atoms with van der Waals surface area (Å²) in [4.78, 5) is 16.3. The summed E-state index contributed by atoms with van der Waals surface area (Å²) in [6.07, 6.45) is 1.54. The summed E-state index contributed by atoms with van der Waals surface area (Å²) in [5, 5.41) is 12.8. The molecule has 4 nitrogen and oxygen atoms in total. The molecule has 0 unspecified atom stereocenters. The van der Waals surface area contributed by atoms with Gasteiger partial charge in [0.05, 0.1) is 11.2 Å². The van der Waals surface area contributed by atoms with E-state index in [9.17, 15) is 9.90 Å². The van der Waals surface area contributed by atoms with Gasteiger partial charge in [0.25, 0.3) is 5.91 Å². The van der Waals surface area contributed by atoms with E-state index in [1.165, 1.54) is 23.6 Å². The summed E-state index contributed by atoms with van der Waals surface area (Å²) in [6, 6.07) is 6.42. The number of aromatic hydroxyl groups is 1. The van der Waals surface area contributed by atoms with Gasteiger partial charge in [0.1, 0.15) is 10.6 Å². The summed E-state index contributed by atoms with van der Waals surface area (Å²) >= 11 is 1.33. The SMILES string of the molecule is Cc1ncc(C(=O)Nc2cccc(O)c2)s1. The van der Waals surface area contributed by atoms with Crippen molar-refractivity contribution in [3.63, 3.8) is 0 Å². The van der Waals surface area contributed by atoms with Gasteiger partial charge < -0.3 is 10.4 Å². The highest BCUT2D eigenvalue weighted by Gasteiger charge is 2.09. The maximum absolute atomic E-state index is 11.7. The van der Waals surface area contributed by atoms with Crippen molar-refractivity contribution < 1.29 is 9.90 Å². The summed E-state index contributed by atoms with van der Waals surface area (Å²) in [6.45, 7) is 1.84. The van der Waals surface area contributed by atoms with Crippen LogP contribution in [0.2, 0.25) is 0 Å². The molecular weight excluding hydrogens is 224 g/mol. The van der Waals surface area contributed by atoms with Gasteiger partial charge in [-0.2, -0.15) is 0 Å². The molecule has 1 aromatic carbocycles. The molecule has 0 aliphatic carbocycles. The van der Waals surface area contributed by atoms with E-state index in [1.807, 2.05) is 6.92 Å². The Bertz CT molecular complexity index is 522. The Morgan fingerprint density at radius 3 is 2.94 bits per heavy atom. The number of phenols is 1. The van der Waals surface area contributed by atoms with Crippen molar-refractivity contribution in [3.05, 3.63) is 40.3 Å². The van der Waals surface area contributed by atoms with Crippen LogP contribution in [0.5, 0.6) is 5.75 Å². The molecule has 0 fully saturated rings. The molecule has 1 heterocycles. The predicted octanol–water partition coefficient (Wildman–Crippen LogP) is 2.41. The minimum Gasteiger partial charge on any atom is -0.508 e. The van der Waals surface area contributed by atoms with Gasteiger partial charge in [0.2, 0.25) is 0 Å². The van der Waals surface area contributed by atoms with Crippen molar-refractivity contribution in [1.29, 1.82) is 0 Å². The molecule has 16 heavy (non-hydrogen) atoms. The molecule has 1 amide bonds. The molecule has 0 saturated carbocycles. The fourth-order valence-electron chi connectivity index (χ4n) is 1.24. The number of nitrogens with one attached hydrogen (secondary N) is 1. The molecule has 0 radical (unpaired) electrons. The van der Waals surface area contributed by atoms with Crippen LogP contribution in [0.3, 0.4) is 0 Å². The van der Waals surface area contributed by atoms with Gasteiger partial charge >= 0.3 is 0 Å². The Hall–Kier alpha value is -1.88. The average Bonchev–Trinajstić information content (AvgIpc) is 2.65. The first-order valence-corrected chi connectivity index (χ1v) is 5.49. The van der Waals surface area contributed by atoms with Crippen molar-refractivity contribution in [1.82, 2.24) is 4.98 Å². The third kappa shape index (κ3) is 2.38. The van der Waals surface area contributed by atoms with E-state index < -0.39 is 0 Å². The van der Waals surface area contributed by atoms with Gasteiger partial charge in [0, 0.05) is 11.8 Å². The van der Waals surface area contributed by atoms with Crippen LogP contribution in [-0.4, -0.2) is 16.0 Å². The van der Waals surface area contributed by atoms with Crippen LogP contribution < -0.4 is 5.32 Å². The molecule has 5 heteroatoms. The molecule has 2 rings (SSSR count). The van der Waals surface area contributed by atoms with Crippen molar-refractivity contribution in [3.8, 4) is 5.75 Å². The number of aryl methyl sites for hydroxylation is 1. The zero-order valence-corrected chi connectivity index (χ0v) is 9.41. The predicted molar refractivity (Wildman–Crippen MR) is 62.9 cm³/mol. The maximum atomic E-state index is 11.7. The zero-order valence-electron chi connectivity index (χ0n) is 8.60.